The second-order valence-electron chi connectivity index (χ2n) is 3.36. The molecule has 0 unspecified atom stereocenters. The van der Waals surface area contributed by atoms with Crippen LogP contribution in [0.15, 0.2) is 24.0 Å². The van der Waals surface area contributed by atoms with Gasteiger partial charge in [-0.1, -0.05) is 6.08 Å². The third-order valence-electron chi connectivity index (χ3n) is 2.60. The maximum absolute atomic E-state index is 5.67. The molecule has 0 aromatic rings. The van der Waals surface area contributed by atoms with E-state index in [4.69, 9.17) is 9.47 Å². The molecule has 70 valence electrons. The van der Waals surface area contributed by atoms with Gasteiger partial charge in [-0.2, -0.15) is 0 Å². The van der Waals surface area contributed by atoms with Crippen LogP contribution in [0.3, 0.4) is 0 Å². The monoisotopic (exact) mass is 180 g/mol. The summed E-state index contributed by atoms with van der Waals surface area (Å²) in [4.78, 5) is 0. The van der Waals surface area contributed by atoms with Gasteiger partial charge in [0.15, 0.2) is 0 Å². The largest absolute Gasteiger partial charge is 0.342 e. The van der Waals surface area contributed by atoms with Gasteiger partial charge in [0.05, 0.1) is 18.9 Å². The molecule has 0 bridgehead atoms. The lowest BCUT2D eigenvalue weighted by molar-refractivity contribution is -0.139. The number of hydrazine groups is 1. The van der Waals surface area contributed by atoms with Crippen molar-refractivity contribution in [3.63, 3.8) is 0 Å². The number of ether oxygens (including phenoxy) is 2. The lowest BCUT2D eigenvalue weighted by atomic mass is 10.1. The van der Waals surface area contributed by atoms with E-state index in [0.717, 1.165) is 18.7 Å². The van der Waals surface area contributed by atoms with Crippen molar-refractivity contribution in [3.8, 4) is 0 Å². The Bertz CT molecular complexity index is 279. The molecule has 0 radical (unpaired) electrons. The first-order valence-electron chi connectivity index (χ1n) is 4.59. The van der Waals surface area contributed by atoms with Crippen molar-refractivity contribution < 1.29 is 9.47 Å². The van der Waals surface area contributed by atoms with E-state index in [0.29, 0.717) is 13.2 Å². The van der Waals surface area contributed by atoms with Crippen LogP contribution in [0.4, 0.5) is 0 Å². The summed E-state index contributed by atoms with van der Waals surface area (Å²) < 4.78 is 11.3. The predicted octanol–water partition coefficient (Wildman–Crippen LogP) is 0.351. The second kappa shape index (κ2) is 2.57. The highest BCUT2D eigenvalue weighted by Crippen LogP contribution is 2.37. The van der Waals surface area contributed by atoms with Gasteiger partial charge >= 0.3 is 0 Å². The van der Waals surface area contributed by atoms with E-state index in [1.165, 1.54) is 0 Å². The summed E-state index contributed by atoms with van der Waals surface area (Å²) in [6, 6.07) is 0. The molecule has 3 aliphatic rings. The topological polar surface area (TPSA) is 33.7 Å². The van der Waals surface area contributed by atoms with Gasteiger partial charge in [-0.25, -0.2) is 5.43 Å². The fraction of sp³-hybridized carbons (Fsp3) is 0.556. The maximum Gasteiger partial charge on any atom is 0.215 e. The first-order valence-corrected chi connectivity index (χ1v) is 4.59. The zero-order valence-corrected chi connectivity index (χ0v) is 7.32. The third kappa shape index (κ3) is 0.964. The van der Waals surface area contributed by atoms with E-state index >= 15 is 0 Å². The predicted molar refractivity (Wildman–Crippen MR) is 46.3 cm³/mol. The highest BCUT2D eigenvalue weighted by Gasteiger charge is 2.44. The van der Waals surface area contributed by atoms with Crippen molar-refractivity contribution >= 4 is 0 Å². The van der Waals surface area contributed by atoms with E-state index in [1.807, 2.05) is 11.2 Å². The fourth-order valence-corrected chi connectivity index (χ4v) is 2.03. The quantitative estimate of drug-likeness (QED) is 0.583. The van der Waals surface area contributed by atoms with Crippen LogP contribution in [0.2, 0.25) is 0 Å². The molecule has 4 nitrogen and oxygen atoms in total. The van der Waals surface area contributed by atoms with Crippen LogP contribution >= 0.6 is 0 Å². The van der Waals surface area contributed by atoms with Crippen molar-refractivity contribution in [1.29, 1.82) is 0 Å². The lowest BCUT2D eigenvalue weighted by Gasteiger charge is -2.35. The molecule has 0 saturated carbocycles. The van der Waals surface area contributed by atoms with Crippen LogP contribution in [0.25, 0.3) is 0 Å². The molecule has 1 N–H and O–H groups in total. The number of fused-ring (bicyclic) bond motifs is 2. The van der Waals surface area contributed by atoms with E-state index in [-0.39, 0.29) is 0 Å². The summed E-state index contributed by atoms with van der Waals surface area (Å²) in [6.45, 7) is 2.24. The molecular formula is C9H12N2O2. The standard InChI is InChI=1S/C9H12N2O2/c1-3-9(12-6-7-13-9)8-2-4-10-11(8)5-1/h1-2,5,10H,3-4,6-7H2. The van der Waals surface area contributed by atoms with Crippen LogP contribution in [0.5, 0.6) is 0 Å². The summed E-state index contributed by atoms with van der Waals surface area (Å²) in [7, 11) is 0. The highest BCUT2D eigenvalue weighted by atomic mass is 16.7. The Kier molecular flexibility index (Phi) is 1.49. The molecule has 1 saturated heterocycles. The lowest BCUT2D eigenvalue weighted by Crippen LogP contribution is -2.43. The molecule has 0 atom stereocenters. The smallest absolute Gasteiger partial charge is 0.215 e. The molecule has 3 rings (SSSR count). The van der Waals surface area contributed by atoms with Crippen LogP contribution in [0.1, 0.15) is 6.42 Å². The Hall–Kier alpha value is -0.840. The summed E-state index contributed by atoms with van der Waals surface area (Å²) in [6.07, 6.45) is 7.03. The zero-order valence-electron chi connectivity index (χ0n) is 7.32. The normalized spacial score (nSPS) is 29.5. The van der Waals surface area contributed by atoms with Crippen LogP contribution in [0, 0.1) is 0 Å². The van der Waals surface area contributed by atoms with Gasteiger partial charge in [0.2, 0.25) is 5.79 Å². The number of hydrogen-bond donors (Lipinski definition) is 1. The minimum atomic E-state index is -0.488. The average molecular weight is 180 g/mol. The molecule has 0 aromatic heterocycles. The number of nitrogens with zero attached hydrogens (tertiary/aromatic N) is 1. The number of rotatable bonds is 0. The second-order valence-corrected chi connectivity index (χ2v) is 3.36. The van der Waals surface area contributed by atoms with Gasteiger partial charge in [-0.15, -0.1) is 0 Å². The molecule has 1 spiro atoms. The van der Waals surface area contributed by atoms with Gasteiger partial charge in [0.1, 0.15) is 0 Å². The Morgan fingerprint density at radius 3 is 3.08 bits per heavy atom. The van der Waals surface area contributed by atoms with Crippen LogP contribution in [-0.4, -0.2) is 30.6 Å². The SMILES string of the molecule is C1=CN2NCC=C2C2(C1)OCCO2. The van der Waals surface area contributed by atoms with Crippen LogP contribution in [-0.2, 0) is 9.47 Å². The fourth-order valence-electron chi connectivity index (χ4n) is 2.03. The van der Waals surface area contributed by atoms with Gasteiger partial charge in [0, 0.05) is 19.2 Å². The molecule has 0 aromatic carbocycles. The molecule has 0 amide bonds. The Balaban J connectivity index is 1.99. The summed E-state index contributed by atoms with van der Waals surface area (Å²) in [5.41, 5.74) is 4.31. The molecule has 13 heavy (non-hydrogen) atoms. The summed E-state index contributed by atoms with van der Waals surface area (Å²) in [5.74, 6) is -0.488. The third-order valence-corrected chi connectivity index (χ3v) is 2.60. The van der Waals surface area contributed by atoms with Gasteiger partial charge in [0.25, 0.3) is 0 Å². The van der Waals surface area contributed by atoms with Crippen LogP contribution < -0.4 is 5.43 Å². The Morgan fingerprint density at radius 2 is 2.23 bits per heavy atom. The Labute approximate surface area is 76.8 Å². The molecular weight excluding hydrogens is 168 g/mol. The van der Waals surface area contributed by atoms with E-state index in [2.05, 4.69) is 17.6 Å². The van der Waals surface area contributed by atoms with Crippen molar-refractivity contribution in [2.24, 2.45) is 0 Å². The van der Waals surface area contributed by atoms with Crippen molar-refractivity contribution in [2.75, 3.05) is 19.8 Å². The first-order chi connectivity index (χ1) is 6.41. The van der Waals surface area contributed by atoms with Crippen molar-refractivity contribution in [2.45, 2.75) is 12.2 Å². The van der Waals surface area contributed by atoms with Gasteiger partial charge in [-0.3, -0.25) is 5.01 Å². The molecule has 4 heteroatoms. The molecule has 3 aliphatic heterocycles. The van der Waals surface area contributed by atoms with Crippen molar-refractivity contribution in [1.82, 2.24) is 10.4 Å². The summed E-state index contributed by atoms with van der Waals surface area (Å²) in [5, 5.41) is 1.98. The number of hydrogen-bond acceptors (Lipinski definition) is 4. The van der Waals surface area contributed by atoms with Crippen molar-refractivity contribution in [3.05, 3.63) is 24.0 Å². The molecule has 3 heterocycles. The van der Waals surface area contributed by atoms with E-state index in [9.17, 15) is 0 Å². The highest BCUT2D eigenvalue weighted by molar-refractivity contribution is 5.24. The zero-order chi connectivity index (χ0) is 8.73. The van der Waals surface area contributed by atoms with E-state index in [1.54, 1.807) is 0 Å². The average Bonchev–Trinajstić information content (AvgIpc) is 2.74. The summed E-state index contributed by atoms with van der Waals surface area (Å²) >= 11 is 0. The molecule has 0 aliphatic carbocycles. The first kappa shape index (κ1) is 7.55. The van der Waals surface area contributed by atoms with E-state index < -0.39 is 5.79 Å². The van der Waals surface area contributed by atoms with Gasteiger partial charge in [-0.05, 0) is 6.08 Å². The minimum absolute atomic E-state index is 0.488. The Morgan fingerprint density at radius 1 is 1.38 bits per heavy atom. The maximum atomic E-state index is 5.67. The number of nitrogens with one attached hydrogen (secondary N) is 1. The minimum Gasteiger partial charge on any atom is -0.342 e. The molecule has 1 fully saturated rings. The van der Waals surface area contributed by atoms with Gasteiger partial charge < -0.3 is 9.47 Å².